The minimum atomic E-state index is -0.185. The van der Waals surface area contributed by atoms with Gasteiger partial charge in [0.25, 0.3) is 5.91 Å². The van der Waals surface area contributed by atoms with Crippen molar-refractivity contribution < 1.29 is 18.7 Å². The summed E-state index contributed by atoms with van der Waals surface area (Å²) in [7, 11) is 0. The molecule has 0 aliphatic carbocycles. The van der Waals surface area contributed by atoms with Gasteiger partial charge in [0, 0.05) is 17.8 Å². The molecule has 0 spiro atoms. The Morgan fingerprint density at radius 3 is 2.79 bits per heavy atom. The topological polar surface area (TPSA) is 64.8 Å². The predicted molar refractivity (Wildman–Crippen MR) is 109 cm³/mol. The Kier molecular flexibility index (Phi) is 5.62. The molecule has 0 radical (unpaired) electrons. The van der Waals surface area contributed by atoms with Crippen LogP contribution in [0.1, 0.15) is 21.8 Å². The number of carbonyl (C=O) groups is 1. The largest absolute Gasteiger partial charge is 0.489 e. The average molecular weight is 392 g/mol. The van der Waals surface area contributed by atoms with E-state index in [-0.39, 0.29) is 12.0 Å². The van der Waals surface area contributed by atoms with Crippen LogP contribution < -0.4 is 4.74 Å². The van der Waals surface area contributed by atoms with E-state index in [1.54, 1.807) is 11.1 Å². The van der Waals surface area contributed by atoms with Crippen LogP contribution in [0.15, 0.2) is 59.1 Å². The van der Waals surface area contributed by atoms with Crippen molar-refractivity contribution in [1.82, 2.24) is 9.88 Å². The zero-order valence-electron chi connectivity index (χ0n) is 16.6. The number of pyridine rings is 1. The van der Waals surface area contributed by atoms with Crippen molar-refractivity contribution >= 4 is 5.91 Å². The van der Waals surface area contributed by atoms with Crippen LogP contribution in [0.4, 0.5) is 0 Å². The summed E-state index contributed by atoms with van der Waals surface area (Å²) in [6.45, 7) is 5.63. The highest BCUT2D eigenvalue weighted by Crippen LogP contribution is 2.26. The van der Waals surface area contributed by atoms with Crippen LogP contribution in [0, 0.1) is 13.8 Å². The lowest BCUT2D eigenvalue weighted by Gasteiger charge is -2.32. The van der Waals surface area contributed by atoms with E-state index in [0.717, 1.165) is 11.3 Å². The standard InChI is InChI=1S/C23H24N2O4/c1-16-8-9-19(13-24-16)28-15-20-14-25(10-11-27-20)23(26)21-12-22(29-17(21)2)18-6-4-3-5-7-18/h3-9,12-13,20H,10-11,14-15H2,1-2H3. The molecule has 2 aromatic heterocycles. The number of carbonyl (C=O) groups excluding carboxylic acids is 1. The van der Waals surface area contributed by atoms with Gasteiger partial charge in [-0.2, -0.15) is 0 Å². The Balaban J connectivity index is 1.41. The van der Waals surface area contributed by atoms with E-state index in [4.69, 9.17) is 13.9 Å². The van der Waals surface area contributed by atoms with Crippen LogP contribution in [-0.4, -0.2) is 48.2 Å². The number of aryl methyl sites for hydroxylation is 2. The van der Waals surface area contributed by atoms with Crippen molar-refractivity contribution in [3.8, 4) is 17.1 Å². The summed E-state index contributed by atoms with van der Waals surface area (Å²) in [5, 5.41) is 0. The van der Waals surface area contributed by atoms with Crippen molar-refractivity contribution in [2.45, 2.75) is 20.0 Å². The second-order valence-corrected chi connectivity index (χ2v) is 7.14. The summed E-state index contributed by atoms with van der Waals surface area (Å²) in [6.07, 6.45) is 1.51. The molecule has 0 N–H and O–H groups in total. The molecule has 6 nitrogen and oxygen atoms in total. The fourth-order valence-corrected chi connectivity index (χ4v) is 3.34. The molecule has 4 rings (SSSR count). The maximum absolute atomic E-state index is 13.1. The lowest BCUT2D eigenvalue weighted by molar-refractivity contribution is -0.0402. The van der Waals surface area contributed by atoms with Gasteiger partial charge in [0.2, 0.25) is 0 Å². The Hall–Kier alpha value is -3.12. The van der Waals surface area contributed by atoms with Gasteiger partial charge in [-0.1, -0.05) is 30.3 Å². The summed E-state index contributed by atoms with van der Waals surface area (Å²) in [6, 6.07) is 15.4. The first-order valence-corrected chi connectivity index (χ1v) is 9.72. The second kappa shape index (κ2) is 8.49. The van der Waals surface area contributed by atoms with E-state index < -0.39 is 0 Å². The van der Waals surface area contributed by atoms with E-state index in [9.17, 15) is 4.79 Å². The van der Waals surface area contributed by atoms with Crippen LogP contribution >= 0.6 is 0 Å². The molecule has 150 valence electrons. The molecule has 29 heavy (non-hydrogen) atoms. The zero-order chi connectivity index (χ0) is 20.2. The minimum Gasteiger partial charge on any atom is -0.489 e. The molecular formula is C23H24N2O4. The number of benzene rings is 1. The average Bonchev–Trinajstić information content (AvgIpc) is 3.15. The minimum absolute atomic E-state index is 0.0428. The van der Waals surface area contributed by atoms with Gasteiger partial charge in [0.15, 0.2) is 0 Å². The lowest BCUT2D eigenvalue weighted by Crippen LogP contribution is -2.47. The molecule has 0 saturated carbocycles. The first kappa shape index (κ1) is 19.2. The number of rotatable bonds is 5. The third-order valence-electron chi connectivity index (χ3n) is 4.95. The van der Waals surface area contributed by atoms with Crippen LogP contribution in [0.5, 0.6) is 5.75 Å². The molecule has 1 amide bonds. The van der Waals surface area contributed by atoms with Crippen molar-refractivity contribution in [2.24, 2.45) is 0 Å². The summed E-state index contributed by atoms with van der Waals surface area (Å²) < 4.78 is 17.4. The highest BCUT2D eigenvalue weighted by atomic mass is 16.5. The third kappa shape index (κ3) is 4.49. The van der Waals surface area contributed by atoms with Crippen LogP contribution in [0.3, 0.4) is 0 Å². The van der Waals surface area contributed by atoms with Crippen LogP contribution in [-0.2, 0) is 4.74 Å². The van der Waals surface area contributed by atoms with Gasteiger partial charge in [0.1, 0.15) is 30.0 Å². The van der Waals surface area contributed by atoms with Gasteiger partial charge in [-0.3, -0.25) is 9.78 Å². The van der Waals surface area contributed by atoms with Gasteiger partial charge in [-0.05, 0) is 32.0 Å². The SMILES string of the molecule is Cc1ccc(OCC2CN(C(=O)c3cc(-c4ccccc4)oc3C)CCO2)cn1. The molecule has 3 aromatic rings. The Morgan fingerprint density at radius 1 is 1.21 bits per heavy atom. The van der Waals surface area contributed by atoms with Gasteiger partial charge in [-0.25, -0.2) is 0 Å². The summed E-state index contributed by atoms with van der Waals surface area (Å²) >= 11 is 0. The first-order valence-electron chi connectivity index (χ1n) is 9.72. The van der Waals surface area contributed by atoms with Gasteiger partial charge in [0.05, 0.1) is 24.9 Å². The molecule has 3 heterocycles. The molecular weight excluding hydrogens is 368 g/mol. The Bertz CT molecular complexity index is 966. The highest BCUT2D eigenvalue weighted by molar-refractivity contribution is 5.96. The smallest absolute Gasteiger partial charge is 0.257 e. The van der Waals surface area contributed by atoms with Crippen molar-refractivity contribution in [2.75, 3.05) is 26.3 Å². The first-order chi connectivity index (χ1) is 14.1. The summed E-state index contributed by atoms with van der Waals surface area (Å²) in [5.41, 5.74) is 2.48. The molecule has 6 heteroatoms. The van der Waals surface area contributed by atoms with Gasteiger partial charge in [-0.15, -0.1) is 0 Å². The molecule has 1 saturated heterocycles. The summed E-state index contributed by atoms with van der Waals surface area (Å²) in [5.74, 6) is 1.98. The number of morpholine rings is 1. The Morgan fingerprint density at radius 2 is 2.03 bits per heavy atom. The molecule has 1 atom stereocenters. The third-order valence-corrected chi connectivity index (χ3v) is 4.95. The number of ether oxygens (including phenoxy) is 2. The zero-order valence-corrected chi connectivity index (χ0v) is 16.6. The molecule has 1 aliphatic rings. The number of hydrogen-bond acceptors (Lipinski definition) is 5. The van der Waals surface area contributed by atoms with Crippen molar-refractivity contribution in [1.29, 1.82) is 0 Å². The van der Waals surface area contributed by atoms with E-state index in [1.807, 2.05) is 62.4 Å². The van der Waals surface area contributed by atoms with Gasteiger partial charge >= 0.3 is 0 Å². The number of amides is 1. The molecule has 1 unspecified atom stereocenters. The normalized spacial score (nSPS) is 16.6. The van der Waals surface area contributed by atoms with Crippen molar-refractivity contribution in [3.63, 3.8) is 0 Å². The van der Waals surface area contributed by atoms with Crippen molar-refractivity contribution in [3.05, 3.63) is 71.7 Å². The maximum Gasteiger partial charge on any atom is 0.257 e. The van der Waals surface area contributed by atoms with E-state index in [1.165, 1.54) is 0 Å². The van der Waals surface area contributed by atoms with Gasteiger partial charge < -0.3 is 18.8 Å². The highest BCUT2D eigenvalue weighted by Gasteiger charge is 2.28. The summed E-state index contributed by atoms with van der Waals surface area (Å²) in [4.78, 5) is 19.1. The fraction of sp³-hybridized carbons (Fsp3) is 0.304. The number of furan rings is 1. The van der Waals surface area contributed by atoms with E-state index >= 15 is 0 Å². The number of aromatic nitrogens is 1. The van der Waals surface area contributed by atoms with E-state index in [2.05, 4.69) is 4.98 Å². The fourth-order valence-electron chi connectivity index (χ4n) is 3.34. The Labute approximate surface area is 170 Å². The monoisotopic (exact) mass is 392 g/mol. The quantitative estimate of drug-likeness (QED) is 0.659. The van der Waals surface area contributed by atoms with Crippen LogP contribution in [0.25, 0.3) is 11.3 Å². The second-order valence-electron chi connectivity index (χ2n) is 7.14. The number of hydrogen-bond donors (Lipinski definition) is 0. The molecule has 0 bridgehead atoms. The lowest BCUT2D eigenvalue weighted by atomic mass is 10.1. The maximum atomic E-state index is 13.1. The molecule has 1 fully saturated rings. The van der Waals surface area contributed by atoms with Crippen LogP contribution in [0.2, 0.25) is 0 Å². The predicted octanol–water partition coefficient (Wildman–Crippen LogP) is 3.88. The van der Waals surface area contributed by atoms with E-state index in [0.29, 0.717) is 49.1 Å². The molecule has 1 aromatic carbocycles. The molecule has 1 aliphatic heterocycles. The number of nitrogens with zero attached hydrogens (tertiary/aromatic N) is 2.